The maximum absolute atomic E-state index is 11.8. The average molecular weight is 289 g/mol. The molecule has 1 unspecified atom stereocenters. The van der Waals surface area contributed by atoms with Crippen LogP contribution in [-0.4, -0.2) is 44.9 Å². The molecule has 1 heterocycles. The third kappa shape index (κ3) is 2.99. The first kappa shape index (κ1) is 15.3. The molecule has 1 aromatic rings. The largest absolute Gasteiger partial charge is 0.383 e. The first-order valence-corrected chi connectivity index (χ1v) is 6.80. The second-order valence-corrected chi connectivity index (χ2v) is 4.93. The highest BCUT2D eigenvalue weighted by atomic mass is 16.5. The van der Waals surface area contributed by atoms with Crippen molar-refractivity contribution in [2.24, 2.45) is 0 Å². The fourth-order valence-corrected chi connectivity index (χ4v) is 2.44. The molecule has 1 aliphatic heterocycles. The van der Waals surface area contributed by atoms with Crippen LogP contribution >= 0.6 is 0 Å². The van der Waals surface area contributed by atoms with Crippen LogP contribution in [0.3, 0.4) is 0 Å². The second-order valence-electron chi connectivity index (χ2n) is 4.93. The fourth-order valence-electron chi connectivity index (χ4n) is 2.44. The summed E-state index contributed by atoms with van der Waals surface area (Å²) in [5.74, 6) is -0.317. The van der Waals surface area contributed by atoms with E-state index in [-0.39, 0.29) is 5.91 Å². The molecule has 1 N–H and O–H groups in total. The summed E-state index contributed by atoms with van der Waals surface area (Å²) in [7, 11) is 3.28. The Morgan fingerprint density at radius 3 is 2.90 bits per heavy atom. The van der Waals surface area contributed by atoms with E-state index in [4.69, 9.17) is 10.00 Å². The highest BCUT2D eigenvalue weighted by molar-refractivity contribution is 6.03. The number of likely N-dealkylation sites (N-methyl/N-ethyl adjacent to an activating group) is 1. The summed E-state index contributed by atoms with van der Waals surface area (Å²) in [6, 6.07) is 7.63. The number of amides is 1. The normalized spacial score (nSPS) is 16.8. The molecule has 0 aliphatic carbocycles. The number of nitrogens with zero attached hydrogens (tertiary/aromatic N) is 3. The molecule has 0 saturated carbocycles. The summed E-state index contributed by atoms with van der Waals surface area (Å²) in [6.45, 7) is 1.82. The van der Waals surface area contributed by atoms with Gasteiger partial charge in [0.1, 0.15) is 0 Å². The summed E-state index contributed by atoms with van der Waals surface area (Å²) >= 11 is 0. The van der Waals surface area contributed by atoms with Crippen molar-refractivity contribution in [1.29, 1.82) is 5.26 Å². The summed E-state index contributed by atoms with van der Waals surface area (Å²) in [4.78, 5) is 15.3. The van der Waals surface area contributed by atoms with Crippen LogP contribution in [0, 0.1) is 11.3 Å². The lowest BCUT2D eigenvalue weighted by Gasteiger charge is -2.24. The lowest BCUT2D eigenvalue weighted by atomic mass is 10.1. The van der Waals surface area contributed by atoms with Crippen molar-refractivity contribution in [3.63, 3.8) is 0 Å². The van der Waals surface area contributed by atoms with Crippen molar-refractivity contribution >= 4 is 17.3 Å². The molecule has 0 radical (unpaired) electrons. The van der Waals surface area contributed by atoms with Gasteiger partial charge in [0.25, 0.3) is 5.91 Å². The summed E-state index contributed by atoms with van der Waals surface area (Å²) in [5.41, 5.74) is 2.25. The van der Waals surface area contributed by atoms with Gasteiger partial charge in [-0.1, -0.05) is 6.07 Å². The van der Waals surface area contributed by atoms with Crippen LogP contribution in [0.4, 0.5) is 11.4 Å². The lowest BCUT2D eigenvalue weighted by molar-refractivity contribution is -0.125. The van der Waals surface area contributed by atoms with E-state index >= 15 is 0 Å². The van der Waals surface area contributed by atoms with Gasteiger partial charge in [0, 0.05) is 38.5 Å². The number of anilines is 2. The number of ether oxygens (including phenoxy) is 1. The van der Waals surface area contributed by atoms with Gasteiger partial charge in [-0.15, -0.1) is 0 Å². The molecular weight excluding hydrogens is 270 g/mol. The zero-order chi connectivity index (χ0) is 15.4. The van der Waals surface area contributed by atoms with Gasteiger partial charge in [0.2, 0.25) is 0 Å². The maximum atomic E-state index is 11.8. The Hall–Kier alpha value is -2.10. The predicted octanol–water partition coefficient (Wildman–Crippen LogP) is 1.06. The Morgan fingerprint density at radius 1 is 1.48 bits per heavy atom. The van der Waals surface area contributed by atoms with Gasteiger partial charge in [0.05, 0.1) is 24.8 Å². The molecule has 0 spiro atoms. The number of fused-ring (bicyclic) bond motifs is 1. The Morgan fingerprint density at radius 2 is 2.24 bits per heavy atom. The van der Waals surface area contributed by atoms with Gasteiger partial charge in [0.15, 0.2) is 6.10 Å². The third-order valence-corrected chi connectivity index (χ3v) is 3.66. The zero-order valence-corrected chi connectivity index (χ0v) is 12.2. The van der Waals surface area contributed by atoms with Crippen LogP contribution in [0.2, 0.25) is 0 Å². The number of methoxy groups -OCH3 is 1. The van der Waals surface area contributed by atoms with Crippen molar-refractivity contribution in [2.75, 3.05) is 43.7 Å². The molecule has 0 saturated heterocycles. The number of hydrogen-bond donors (Lipinski definition) is 1. The van der Waals surface area contributed by atoms with E-state index in [1.54, 1.807) is 20.2 Å². The van der Waals surface area contributed by atoms with E-state index in [1.807, 2.05) is 17.0 Å². The second kappa shape index (κ2) is 6.57. The summed E-state index contributed by atoms with van der Waals surface area (Å²) in [6.07, 6.45) is -0.663. The minimum absolute atomic E-state index is 0.317. The molecule has 1 aliphatic rings. The summed E-state index contributed by atoms with van der Waals surface area (Å²) in [5, 5.41) is 18.6. The number of hydrogen-bond acceptors (Lipinski definition) is 5. The van der Waals surface area contributed by atoms with Gasteiger partial charge < -0.3 is 19.6 Å². The zero-order valence-electron chi connectivity index (χ0n) is 12.2. The minimum atomic E-state index is -1.08. The van der Waals surface area contributed by atoms with Crippen molar-refractivity contribution < 1.29 is 14.6 Å². The predicted molar refractivity (Wildman–Crippen MR) is 79.1 cm³/mol. The number of benzene rings is 1. The van der Waals surface area contributed by atoms with Crippen LogP contribution in [0.15, 0.2) is 18.2 Å². The van der Waals surface area contributed by atoms with E-state index in [0.717, 1.165) is 5.69 Å². The average Bonchev–Trinajstić information content (AvgIpc) is 2.72. The fraction of sp³-hybridized carbons (Fsp3) is 0.467. The molecule has 1 amide bonds. The van der Waals surface area contributed by atoms with Crippen LogP contribution < -0.4 is 9.80 Å². The first-order valence-electron chi connectivity index (χ1n) is 6.80. The molecule has 2 rings (SSSR count). The number of aliphatic hydroxyl groups excluding tert-OH is 1. The van der Waals surface area contributed by atoms with Crippen molar-refractivity contribution in [2.45, 2.75) is 12.5 Å². The van der Waals surface area contributed by atoms with E-state index in [2.05, 4.69) is 6.07 Å². The SMILES string of the molecule is COCCN(CCC#N)c1ccc2c(c1)N(C)C(=O)C2O. The Labute approximate surface area is 124 Å². The lowest BCUT2D eigenvalue weighted by Crippen LogP contribution is -2.28. The van der Waals surface area contributed by atoms with Crippen molar-refractivity contribution in [3.8, 4) is 6.07 Å². The molecular formula is C15H19N3O3. The molecule has 1 aromatic carbocycles. The monoisotopic (exact) mass is 289 g/mol. The van der Waals surface area contributed by atoms with Gasteiger partial charge >= 0.3 is 0 Å². The topological polar surface area (TPSA) is 76.8 Å². The number of carbonyl (C=O) groups excluding carboxylic acids is 1. The summed E-state index contributed by atoms with van der Waals surface area (Å²) < 4.78 is 5.09. The van der Waals surface area contributed by atoms with E-state index < -0.39 is 6.10 Å². The molecule has 112 valence electrons. The van der Waals surface area contributed by atoms with Crippen LogP contribution in [0.25, 0.3) is 0 Å². The molecule has 21 heavy (non-hydrogen) atoms. The van der Waals surface area contributed by atoms with E-state index in [1.165, 1.54) is 4.90 Å². The first-order chi connectivity index (χ1) is 10.1. The van der Waals surface area contributed by atoms with Crippen molar-refractivity contribution in [1.82, 2.24) is 0 Å². The minimum Gasteiger partial charge on any atom is -0.383 e. The highest BCUT2D eigenvalue weighted by Crippen LogP contribution is 2.37. The van der Waals surface area contributed by atoms with Crippen LogP contribution in [0.1, 0.15) is 18.1 Å². The smallest absolute Gasteiger partial charge is 0.260 e. The number of carbonyl (C=O) groups is 1. The van der Waals surface area contributed by atoms with Gasteiger partial charge in [-0.3, -0.25) is 4.79 Å². The Kier molecular flexibility index (Phi) is 4.78. The van der Waals surface area contributed by atoms with E-state index in [0.29, 0.717) is 37.4 Å². The molecule has 0 fully saturated rings. The number of nitriles is 1. The van der Waals surface area contributed by atoms with Gasteiger partial charge in [-0.05, 0) is 12.1 Å². The molecule has 1 atom stereocenters. The van der Waals surface area contributed by atoms with Gasteiger partial charge in [-0.2, -0.15) is 5.26 Å². The Bertz CT molecular complexity index is 568. The quantitative estimate of drug-likeness (QED) is 0.847. The number of rotatable bonds is 6. The molecule has 0 bridgehead atoms. The maximum Gasteiger partial charge on any atom is 0.260 e. The number of aliphatic hydroxyl groups is 1. The molecule has 6 heteroatoms. The highest BCUT2D eigenvalue weighted by Gasteiger charge is 2.33. The van der Waals surface area contributed by atoms with Gasteiger partial charge in [-0.25, -0.2) is 0 Å². The third-order valence-electron chi connectivity index (χ3n) is 3.66. The van der Waals surface area contributed by atoms with E-state index in [9.17, 15) is 9.90 Å². The molecule has 0 aromatic heterocycles. The van der Waals surface area contributed by atoms with Crippen LogP contribution in [0.5, 0.6) is 0 Å². The molecule has 6 nitrogen and oxygen atoms in total. The van der Waals surface area contributed by atoms with Crippen molar-refractivity contribution in [3.05, 3.63) is 23.8 Å². The Balaban J connectivity index is 2.27. The van der Waals surface area contributed by atoms with Crippen LogP contribution in [-0.2, 0) is 9.53 Å². The standard InChI is InChI=1S/C15H19N3O3/c1-17-13-10-11(4-5-12(13)14(19)15(17)20)18(7-3-6-16)8-9-21-2/h4-5,10,14,19H,3,7-9H2,1-2H3.